The summed E-state index contributed by atoms with van der Waals surface area (Å²) >= 11 is 0. The number of rotatable bonds is 7. The molecule has 0 spiro atoms. The summed E-state index contributed by atoms with van der Waals surface area (Å²) in [5.41, 5.74) is 0.458. The van der Waals surface area contributed by atoms with Gasteiger partial charge in [0.25, 0.3) is 0 Å². The van der Waals surface area contributed by atoms with Crippen LogP contribution in [-0.2, 0) is 0 Å². The molecule has 0 saturated heterocycles. The Labute approximate surface area is 126 Å². The van der Waals surface area contributed by atoms with Gasteiger partial charge in [-0.2, -0.15) is 0 Å². The second-order valence-electron chi connectivity index (χ2n) is 7.46. The van der Waals surface area contributed by atoms with Gasteiger partial charge in [0.15, 0.2) is 0 Å². The lowest BCUT2D eigenvalue weighted by Crippen LogP contribution is -2.58. The van der Waals surface area contributed by atoms with E-state index < -0.39 is 0 Å². The Hall–Kier alpha value is -0.120. The van der Waals surface area contributed by atoms with Crippen LogP contribution in [0.2, 0.25) is 0 Å². The minimum absolute atomic E-state index is 0.458. The van der Waals surface area contributed by atoms with E-state index in [0.29, 0.717) is 11.6 Å². The molecular formula is C17H35N3. The topological polar surface area (TPSA) is 18.5 Å². The number of hydrogen-bond donors (Lipinski definition) is 1. The lowest BCUT2D eigenvalue weighted by molar-refractivity contribution is 0.0233. The highest BCUT2D eigenvalue weighted by molar-refractivity contribution is 4.98. The first kappa shape index (κ1) is 16.3. The van der Waals surface area contributed by atoms with Crippen molar-refractivity contribution in [2.45, 2.75) is 62.9 Å². The van der Waals surface area contributed by atoms with Crippen LogP contribution in [-0.4, -0.2) is 62.7 Å². The van der Waals surface area contributed by atoms with Crippen molar-refractivity contribution in [3.8, 4) is 0 Å². The summed E-state index contributed by atoms with van der Waals surface area (Å²) < 4.78 is 0. The molecule has 118 valence electrons. The first-order valence-corrected chi connectivity index (χ1v) is 8.61. The molecule has 0 aromatic rings. The van der Waals surface area contributed by atoms with Crippen molar-refractivity contribution >= 4 is 0 Å². The predicted octanol–water partition coefficient (Wildman–Crippen LogP) is 2.57. The maximum atomic E-state index is 3.60. The summed E-state index contributed by atoms with van der Waals surface area (Å²) in [6.45, 7) is 2.43. The average Bonchev–Trinajstić information content (AvgIpc) is 2.40. The Morgan fingerprint density at radius 3 is 2.15 bits per heavy atom. The van der Waals surface area contributed by atoms with Gasteiger partial charge in [-0.3, -0.25) is 0 Å². The largest absolute Gasteiger partial charge is 0.315 e. The molecule has 2 aliphatic rings. The predicted molar refractivity (Wildman–Crippen MR) is 87.2 cm³/mol. The molecule has 1 atom stereocenters. The molecule has 20 heavy (non-hydrogen) atoms. The lowest BCUT2D eigenvalue weighted by atomic mass is 9.75. The molecule has 2 fully saturated rings. The van der Waals surface area contributed by atoms with Crippen molar-refractivity contribution in [2.24, 2.45) is 5.92 Å². The van der Waals surface area contributed by atoms with Gasteiger partial charge in [0.2, 0.25) is 0 Å². The quantitative estimate of drug-likeness (QED) is 0.774. The molecule has 1 N–H and O–H groups in total. The third kappa shape index (κ3) is 3.75. The van der Waals surface area contributed by atoms with Crippen LogP contribution in [0.4, 0.5) is 0 Å². The SMILES string of the molecule is CNC(CN(C)CC1(N(C)C)CCC1)C1CCCCC1. The van der Waals surface area contributed by atoms with E-state index in [1.54, 1.807) is 0 Å². The molecule has 0 aliphatic heterocycles. The number of likely N-dealkylation sites (N-methyl/N-ethyl adjacent to an activating group) is 3. The molecule has 2 saturated carbocycles. The monoisotopic (exact) mass is 281 g/mol. The fourth-order valence-electron chi connectivity index (χ4n) is 4.25. The Morgan fingerprint density at radius 1 is 1.05 bits per heavy atom. The van der Waals surface area contributed by atoms with Crippen LogP contribution in [0.3, 0.4) is 0 Å². The van der Waals surface area contributed by atoms with Crippen molar-refractivity contribution in [3.05, 3.63) is 0 Å². The molecule has 2 aliphatic carbocycles. The smallest absolute Gasteiger partial charge is 0.0330 e. The van der Waals surface area contributed by atoms with Crippen LogP contribution in [0, 0.1) is 5.92 Å². The summed E-state index contributed by atoms with van der Waals surface area (Å²) in [5.74, 6) is 0.896. The van der Waals surface area contributed by atoms with Crippen LogP contribution in [0.5, 0.6) is 0 Å². The minimum atomic E-state index is 0.458. The van der Waals surface area contributed by atoms with E-state index in [9.17, 15) is 0 Å². The van der Waals surface area contributed by atoms with Crippen molar-refractivity contribution in [3.63, 3.8) is 0 Å². The maximum absolute atomic E-state index is 3.60. The van der Waals surface area contributed by atoms with E-state index in [1.807, 2.05) is 0 Å². The Morgan fingerprint density at radius 2 is 1.70 bits per heavy atom. The molecule has 0 bridgehead atoms. The van der Waals surface area contributed by atoms with Gasteiger partial charge < -0.3 is 15.1 Å². The van der Waals surface area contributed by atoms with Crippen molar-refractivity contribution in [2.75, 3.05) is 41.3 Å². The standard InChI is InChI=1S/C17H35N3/c1-18-16(15-9-6-5-7-10-15)13-20(4)14-17(19(2)3)11-8-12-17/h15-16,18H,5-14H2,1-4H3. The van der Waals surface area contributed by atoms with Gasteiger partial charge in [-0.15, -0.1) is 0 Å². The molecule has 0 amide bonds. The van der Waals surface area contributed by atoms with Gasteiger partial charge >= 0.3 is 0 Å². The number of nitrogens with one attached hydrogen (secondary N) is 1. The van der Waals surface area contributed by atoms with Crippen LogP contribution in [0.25, 0.3) is 0 Å². The first-order chi connectivity index (χ1) is 9.57. The van der Waals surface area contributed by atoms with Gasteiger partial charge in [0, 0.05) is 24.7 Å². The summed E-state index contributed by atoms with van der Waals surface area (Å²) in [5, 5.41) is 3.60. The van der Waals surface area contributed by atoms with Gasteiger partial charge in [0.05, 0.1) is 0 Å². The van der Waals surface area contributed by atoms with E-state index in [4.69, 9.17) is 0 Å². The summed E-state index contributed by atoms with van der Waals surface area (Å²) in [7, 11) is 8.97. The molecule has 2 rings (SSSR count). The zero-order chi connectivity index (χ0) is 14.6. The maximum Gasteiger partial charge on any atom is 0.0330 e. The Balaban J connectivity index is 1.83. The molecule has 0 heterocycles. The molecular weight excluding hydrogens is 246 g/mol. The van der Waals surface area contributed by atoms with Crippen LogP contribution >= 0.6 is 0 Å². The van der Waals surface area contributed by atoms with E-state index in [2.05, 4.69) is 43.3 Å². The number of nitrogens with zero attached hydrogens (tertiary/aromatic N) is 2. The van der Waals surface area contributed by atoms with Crippen LogP contribution in [0.1, 0.15) is 51.4 Å². The van der Waals surface area contributed by atoms with Crippen LogP contribution < -0.4 is 5.32 Å². The van der Waals surface area contributed by atoms with Gasteiger partial charge in [-0.05, 0) is 66.2 Å². The van der Waals surface area contributed by atoms with E-state index in [-0.39, 0.29) is 0 Å². The molecule has 0 radical (unpaired) electrons. The molecule has 3 heteroatoms. The summed E-state index contributed by atoms with van der Waals surface area (Å²) in [6, 6.07) is 0.680. The third-order valence-corrected chi connectivity index (χ3v) is 5.90. The number of hydrogen-bond acceptors (Lipinski definition) is 3. The molecule has 0 aromatic carbocycles. The third-order valence-electron chi connectivity index (χ3n) is 5.90. The fraction of sp³-hybridized carbons (Fsp3) is 1.00. The van der Waals surface area contributed by atoms with Crippen molar-refractivity contribution in [1.29, 1.82) is 0 Å². The zero-order valence-corrected chi connectivity index (χ0v) is 14.1. The second-order valence-corrected chi connectivity index (χ2v) is 7.46. The molecule has 3 nitrogen and oxygen atoms in total. The summed E-state index contributed by atoms with van der Waals surface area (Å²) in [4.78, 5) is 5.04. The summed E-state index contributed by atoms with van der Waals surface area (Å²) in [6.07, 6.45) is 11.3. The van der Waals surface area contributed by atoms with Crippen LogP contribution in [0.15, 0.2) is 0 Å². The van der Waals surface area contributed by atoms with E-state index >= 15 is 0 Å². The highest BCUT2D eigenvalue weighted by Crippen LogP contribution is 2.37. The van der Waals surface area contributed by atoms with Crippen molar-refractivity contribution < 1.29 is 0 Å². The average molecular weight is 281 g/mol. The lowest BCUT2D eigenvalue weighted by Gasteiger charge is -2.50. The molecule has 0 aromatic heterocycles. The highest BCUT2D eigenvalue weighted by Gasteiger charge is 2.40. The van der Waals surface area contributed by atoms with E-state index in [1.165, 1.54) is 64.5 Å². The Kier molecular flexibility index (Phi) is 5.88. The van der Waals surface area contributed by atoms with Gasteiger partial charge in [0.1, 0.15) is 0 Å². The first-order valence-electron chi connectivity index (χ1n) is 8.61. The molecule has 1 unspecified atom stereocenters. The van der Waals surface area contributed by atoms with Crippen molar-refractivity contribution in [1.82, 2.24) is 15.1 Å². The highest BCUT2D eigenvalue weighted by atomic mass is 15.2. The van der Waals surface area contributed by atoms with Gasteiger partial charge in [-0.1, -0.05) is 19.3 Å². The Bertz CT molecular complexity index is 280. The van der Waals surface area contributed by atoms with E-state index in [0.717, 1.165) is 5.92 Å². The van der Waals surface area contributed by atoms with Gasteiger partial charge in [-0.25, -0.2) is 0 Å². The fourth-order valence-corrected chi connectivity index (χ4v) is 4.25. The second kappa shape index (κ2) is 7.24. The zero-order valence-electron chi connectivity index (χ0n) is 14.1. The normalized spacial score (nSPS) is 24.9. The minimum Gasteiger partial charge on any atom is -0.315 e.